The zero-order valence-corrected chi connectivity index (χ0v) is 15.9. The van der Waals surface area contributed by atoms with Gasteiger partial charge in [0.05, 0.1) is 17.7 Å². The van der Waals surface area contributed by atoms with Gasteiger partial charge in [0.15, 0.2) is 0 Å². The molecule has 1 aliphatic rings. The maximum Gasteiger partial charge on any atom is 0.344 e. The number of benzene rings is 2. The minimum Gasteiger partial charge on any atom is -0.506 e. The van der Waals surface area contributed by atoms with Crippen molar-refractivity contribution in [2.45, 2.75) is 0 Å². The predicted octanol–water partition coefficient (Wildman–Crippen LogP) is 5.80. The number of carbonyl (C=O) groups is 1. The Morgan fingerprint density at radius 3 is 2.50 bits per heavy atom. The lowest BCUT2D eigenvalue weighted by molar-refractivity contribution is -0.135. The fourth-order valence-corrected chi connectivity index (χ4v) is 3.72. The zero-order chi connectivity index (χ0) is 18.7. The van der Waals surface area contributed by atoms with Gasteiger partial charge in [-0.05, 0) is 42.0 Å². The minimum atomic E-state index is -0.662. The van der Waals surface area contributed by atoms with Crippen molar-refractivity contribution in [2.24, 2.45) is 4.99 Å². The number of ether oxygens (including phenoxy) is 1. The molecule has 0 unspecified atom stereocenters. The molecule has 132 valence electrons. The van der Waals surface area contributed by atoms with E-state index in [1.165, 1.54) is 18.9 Å². The van der Waals surface area contributed by atoms with Gasteiger partial charge in [0, 0.05) is 10.0 Å². The molecule has 1 N–H and O–H groups in total. The number of aliphatic hydroxyl groups excluding tert-OH is 1. The molecule has 1 heterocycles. The molecule has 0 fully saturated rings. The molecule has 1 aliphatic heterocycles. The van der Waals surface area contributed by atoms with Gasteiger partial charge in [0.25, 0.3) is 0 Å². The maximum absolute atomic E-state index is 12.1. The molecular formula is C19H13Cl2NO3S. The maximum atomic E-state index is 12.1. The Balaban J connectivity index is 2.05. The fraction of sp³-hybridized carbons (Fsp3) is 0.0526. The molecule has 7 heteroatoms. The number of esters is 1. The average molecular weight is 406 g/mol. The Bertz CT molecular complexity index is 967. The van der Waals surface area contributed by atoms with Gasteiger partial charge in [-0.3, -0.25) is 0 Å². The first-order valence-electron chi connectivity index (χ1n) is 7.49. The number of nitrogens with zero attached hydrogens (tertiary/aromatic N) is 1. The van der Waals surface area contributed by atoms with Crippen molar-refractivity contribution in [3.05, 3.63) is 80.4 Å². The largest absolute Gasteiger partial charge is 0.506 e. The Hall–Kier alpha value is -2.21. The number of hydrogen-bond acceptors (Lipinski definition) is 5. The van der Waals surface area contributed by atoms with Crippen LogP contribution in [0.25, 0.3) is 6.08 Å². The van der Waals surface area contributed by atoms with Gasteiger partial charge in [-0.15, -0.1) is 0 Å². The molecule has 0 spiro atoms. The number of carbonyl (C=O) groups excluding carboxylic acids is 1. The Morgan fingerprint density at radius 1 is 1.15 bits per heavy atom. The first kappa shape index (κ1) is 18.6. The molecule has 0 saturated carbocycles. The van der Waals surface area contributed by atoms with Gasteiger partial charge in [-0.2, -0.15) is 0 Å². The van der Waals surface area contributed by atoms with Gasteiger partial charge in [-0.1, -0.05) is 53.2 Å². The molecule has 0 saturated heterocycles. The normalized spacial score (nSPS) is 17.2. The molecule has 2 aromatic rings. The smallest absolute Gasteiger partial charge is 0.344 e. The highest BCUT2D eigenvalue weighted by atomic mass is 35.5. The second-order valence-electron chi connectivity index (χ2n) is 5.28. The van der Waals surface area contributed by atoms with E-state index in [1.807, 2.05) is 6.07 Å². The summed E-state index contributed by atoms with van der Waals surface area (Å²) in [5.41, 5.74) is 1.38. The van der Waals surface area contributed by atoms with E-state index in [2.05, 4.69) is 4.99 Å². The highest BCUT2D eigenvalue weighted by Crippen LogP contribution is 2.40. The molecule has 0 radical (unpaired) electrons. The molecule has 26 heavy (non-hydrogen) atoms. The van der Waals surface area contributed by atoms with E-state index in [-0.39, 0.29) is 11.3 Å². The summed E-state index contributed by atoms with van der Waals surface area (Å²) in [5.74, 6) is -0.840. The lowest BCUT2D eigenvalue weighted by atomic mass is 10.1. The van der Waals surface area contributed by atoms with Crippen LogP contribution in [0.2, 0.25) is 10.0 Å². The van der Waals surface area contributed by atoms with Crippen LogP contribution in [0.1, 0.15) is 5.56 Å². The van der Waals surface area contributed by atoms with E-state index in [4.69, 9.17) is 27.9 Å². The van der Waals surface area contributed by atoms with E-state index in [1.54, 1.807) is 48.5 Å². The number of hydrogen-bond donors (Lipinski definition) is 1. The van der Waals surface area contributed by atoms with Crippen LogP contribution in [0.15, 0.2) is 69.8 Å². The highest BCUT2D eigenvalue weighted by molar-refractivity contribution is 8.18. The van der Waals surface area contributed by atoms with Crippen LogP contribution in [-0.2, 0) is 9.53 Å². The number of thioether (sulfide) groups is 1. The summed E-state index contributed by atoms with van der Waals surface area (Å²) >= 11 is 13.2. The molecule has 3 rings (SSSR count). The lowest BCUT2D eigenvalue weighted by Gasteiger charge is -2.02. The summed E-state index contributed by atoms with van der Waals surface area (Å²) < 4.78 is 4.79. The first-order chi connectivity index (χ1) is 12.5. The van der Waals surface area contributed by atoms with Gasteiger partial charge in [0.1, 0.15) is 16.4 Å². The quantitative estimate of drug-likeness (QED) is 0.655. The lowest BCUT2D eigenvalue weighted by Crippen LogP contribution is -2.10. The fourth-order valence-electron chi connectivity index (χ4n) is 2.30. The van der Waals surface area contributed by atoms with Crippen LogP contribution in [0.3, 0.4) is 0 Å². The van der Waals surface area contributed by atoms with Gasteiger partial charge in [0.2, 0.25) is 0 Å². The number of methoxy groups -OCH3 is 1. The molecule has 0 aliphatic carbocycles. The number of aliphatic hydroxyl groups is 1. The monoisotopic (exact) mass is 405 g/mol. The van der Waals surface area contributed by atoms with Crippen molar-refractivity contribution in [3.8, 4) is 0 Å². The molecule has 4 nitrogen and oxygen atoms in total. The average Bonchev–Trinajstić information content (AvgIpc) is 2.89. The van der Waals surface area contributed by atoms with Gasteiger partial charge >= 0.3 is 5.97 Å². The molecule has 0 bridgehead atoms. The Morgan fingerprint density at radius 2 is 1.85 bits per heavy atom. The molecule has 0 amide bonds. The van der Waals surface area contributed by atoms with Crippen molar-refractivity contribution < 1.29 is 14.6 Å². The third-order valence-corrected chi connectivity index (χ3v) is 4.96. The zero-order valence-electron chi connectivity index (χ0n) is 13.6. The van der Waals surface area contributed by atoms with Crippen LogP contribution >= 0.6 is 35.0 Å². The van der Waals surface area contributed by atoms with E-state index < -0.39 is 5.97 Å². The van der Waals surface area contributed by atoms with Gasteiger partial charge < -0.3 is 9.84 Å². The molecule has 2 aromatic carbocycles. The van der Waals surface area contributed by atoms with Gasteiger partial charge in [-0.25, -0.2) is 9.79 Å². The number of rotatable bonds is 3. The van der Waals surface area contributed by atoms with Crippen molar-refractivity contribution in [1.29, 1.82) is 0 Å². The Labute approximate surface area is 164 Å². The third kappa shape index (κ3) is 4.12. The Kier molecular flexibility index (Phi) is 5.71. The summed E-state index contributed by atoms with van der Waals surface area (Å²) in [4.78, 5) is 17.1. The summed E-state index contributed by atoms with van der Waals surface area (Å²) in [5, 5.41) is 12.0. The SMILES string of the molecule is COC(=O)C1=C(O)C(=Cc2cccc(Cl)c2)SC1=Nc1cccc(Cl)c1. The molecule has 0 atom stereocenters. The summed E-state index contributed by atoms with van der Waals surface area (Å²) in [6.45, 7) is 0. The van der Waals surface area contributed by atoms with E-state index in [0.29, 0.717) is 25.7 Å². The van der Waals surface area contributed by atoms with Crippen molar-refractivity contribution in [2.75, 3.05) is 7.11 Å². The van der Waals surface area contributed by atoms with Crippen LogP contribution in [0, 0.1) is 0 Å². The predicted molar refractivity (Wildman–Crippen MR) is 107 cm³/mol. The summed E-state index contributed by atoms with van der Waals surface area (Å²) in [7, 11) is 1.25. The van der Waals surface area contributed by atoms with Crippen molar-refractivity contribution in [1.82, 2.24) is 0 Å². The molecular weight excluding hydrogens is 393 g/mol. The second kappa shape index (κ2) is 7.99. The van der Waals surface area contributed by atoms with Crippen LogP contribution in [0.5, 0.6) is 0 Å². The van der Waals surface area contributed by atoms with E-state index in [0.717, 1.165) is 5.56 Å². The number of halogens is 2. The van der Waals surface area contributed by atoms with Crippen molar-refractivity contribution >= 4 is 57.7 Å². The standard InChI is InChI=1S/C19H13Cl2NO3S/c1-25-19(24)16-17(23)15(9-11-4-2-5-12(20)8-11)26-18(16)22-14-7-3-6-13(21)10-14/h2-10,23H,1H3. The first-order valence-corrected chi connectivity index (χ1v) is 9.07. The van der Waals surface area contributed by atoms with Crippen molar-refractivity contribution in [3.63, 3.8) is 0 Å². The third-order valence-electron chi connectivity index (χ3n) is 3.47. The highest BCUT2D eigenvalue weighted by Gasteiger charge is 2.32. The number of aliphatic imine (C=N–C) groups is 1. The minimum absolute atomic E-state index is 0.0192. The van der Waals surface area contributed by atoms with Crippen LogP contribution in [-0.4, -0.2) is 23.2 Å². The van der Waals surface area contributed by atoms with E-state index in [9.17, 15) is 9.90 Å². The van der Waals surface area contributed by atoms with Crippen LogP contribution < -0.4 is 0 Å². The summed E-state index contributed by atoms with van der Waals surface area (Å²) in [6, 6.07) is 14.1. The summed E-state index contributed by atoms with van der Waals surface area (Å²) in [6.07, 6.45) is 1.73. The van der Waals surface area contributed by atoms with E-state index >= 15 is 0 Å². The second-order valence-corrected chi connectivity index (χ2v) is 7.18. The van der Waals surface area contributed by atoms with Crippen LogP contribution in [0.4, 0.5) is 5.69 Å². The topological polar surface area (TPSA) is 58.9 Å². The molecule has 0 aromatic heterocycles.